The Morgan fingerprint density at radius 3 is 2.56 bits per heavy atom. The van der Waals surface area contributed by atoms with Crippen LogP contribution in [-0.2, 0) is 14.8 Å². The lowest BCUT2D eigenvalue weighted by Gasteiger charge is -2.60. The summed E-state index contributed by atoms with van der Waals surface area (Å²) in [5.41, 5.74) is -0.0829. The highest BCUT2D eigenvalue weighted by Gasteiger charge is 2.58. The van der Waals surface area contributed by atoms with E-state index in [0.717, 1.165) is 25.3 Å². The van der Waals surface area contributed by atoms with Gasteiger partial charge in [-0.2, -0.15) is 4.31 Å². The number of hydrogen-bond donors (Lipinski definition) is 0. The first-order valence-corrected chi connectivity index (χ1v) is 9.96. The van der Waals surface area contributed by atoms with Gasteiger partial charge in [0.15, 0.2) is 0 Å². The van der Waals surface area contributed by atoms with Gasteiger partial charge < -0.3 is 9.64 Å². The van der Waals surface area contributed by atoms with Gasteiger partial charge in [-0.3, -0.25) is 0 Å². The van der Waals surface area contributed by atoms with Gasteiger partial charge in [0.05, 0.1) is 6.61 Å². The van der Waals surface area contributed by atoms with E-state index < -0.39 is 15.8 Å². The summed E-state index contributed by atoms with van der Waals surface area (Å²) in [7, 11) is -3.79. The maximum Gasteiger partial charge on any atom is 0.410 e. The summed E-state index contributed by atoms with van der Waals surface area (Å²) < 4.78 is 45.4. The largest absolute Gasteiger partial charge is 0.449 e. The van der Waals surface area contributed by atoms with Crippen molar-refractivity contribution in [2.24, 2.45) is 5.41 Å². The summed E-state index contributed by atoms with van der Waals surface area (Å²) in [6.45, 7) is 3.25. The number of carbonyl (C=O) groups is 1. The lowest BCUT2D eigenvalue weighted by molar-refractivity contribution is -0.0891. The minimum Gasteiger partial charge on any atom is -0.449 e. The molecule has 2 aliphatic heterocycles. The average Bonchev–Trinajstić information content (AvgIpc) is 2.47. The van der Waals surface area contributed by atoms with Crippen LogP contribution in [-0.4, -0.2) is 55.5 Å². The molecule has 8 heteroatoms. The highest BCUT2D eigenvalue weighted by atomic mass is 32.2. The molecule has 3 fully saturated rings. The zero-order chi connectivity index (χ0) is 17.8. The molecule has 0 N–H and O–H groups in total. The van der Waals surface area contributed by atoms with Crippen LogP contribution in [0.2, 0.25) is 0 Å². The van der Waals surface area contributed by atoms with Crippen LogP contribution in [0.25, 0.3) is 0 Å². The average molecular weight is 368 g/mol. The number of benzene rings is 1. The van der Waals surface area contributed by atoms with E-state index >= 15 is 0 Å². The number of hydrogen-bond acceptors (Lipinski definition) is 4. The number of carbonyl (C=O) groups excluding carboxylic acids is 1. The Balaban J connectivity index is 1.40. The van der Waals surface area contributed by atoms with Crippen LogP contribution in [0.5, 0.6) is 0 Å². The van der Waals surface area contributed by atoms with Crippen molar-refractivity contribution in [2.45, 2.75) is 43.2 Å². The van der Waals surface area contributed by atoms with Gasteiger partial charge in [0.25, 0.3) is 0 Å². The maximum absolute atomic E-state index is 13.8. The van der Waals surface area contributed by atoms with Gasteiger partial charge >= 0.3 is 6.09 Å². The number of ether oxygens (including phenoxy) is 1. The molecule has 1 saturated carbocycles. The van der Waals surface area contributed by atoms with E-state index in [1.54, 1.807) is 4.90 Å². The second kappa shape index (κ2) is 5.67. The third-order valence-corrected chi connectivity index (χ3v) is 7.48. The molecule has 1 spiro atoms. The van der Waals surface area contributed by atoms with Gasteiger partial charge in [0, 0.05) is 37.0 Å². The molecule has 0 bridgehead atoms. The Labute approximate surface area is 146 Å². The molecule has 1 aromatic rings. The summed E-state index contributed by atoms with van der Waals surface area (Å²) in [5.74, 6) is -0.722. The predicted octanol–water partition coefficient (Wildman–Crippen LogP) is 2.21. The Morgan fingerprint density at radius 1 is 1.24 bits per heavy atom. The topological polar surface area (TPSA) is 66.9 Å². The van der Waals surface area contributed by atoms with E-state index in [1.165, 1.54) is 22.5 Å². The fourth-order valence-electron chi connectivity index (χ4n) is 4.28. The number of amides is 1. The summed E-state index contributed by atoms with van der Waals surface area (Å²) in [4.78, 5) is 13.5. The molecule has 6 nitrogen and oxygen atoms in total. The highest BCUT2D eigenvalue weighted by molar-refractivity contribution is 7.89. The van der Waals surface area contributed by atoms with Gasteiger partial charge in [0.2, 0.25) is 10.0 Å². The first-order chi connectivity index (χ1) is 11.8. The first-order valence-electron chi connectivity index (χ1n) is 8.52. The molecule has 1 unspecified atom stereocenters. The molecule has 3 aliphatic rings. The fraction of sp³-hybridized carbons (Fsp3) is 0.588. The third-order valence-electron chi connectivity index (χ3n) is 5.66. The second-order valence-corrected chi connectivity index (χ2v) is 9.33. The first kappa shape index (κ1) is 16.8. The fourth-order valence-corrected chi connectivity index (χ4v) is 6.01. The summed E-state index contributed by atoms with van der Waals surface area (Å²) in [5, 5.41) is 0. The molecule has 2 saturated heterocycles. The van der Waals surface area contributed by atoms with Gasteiger partial charge in [-0.25, -0.2) is 17.6 Å². The van der Waals surface area contributed by atoms with Crippen molar-refractivity contribution in [1.29, 1.82) is 0 Å². The minimum absolute atomic E-state index is 0.0829. The van der Waals surface area contributed by atoms with E-state index in [9.17, 15) is 17.6 Å². The Kier molecular flexibility index (Phi) is 3.81. The number of halogens is 1. The van der Waals surface area contributed by atoms with Crippen LogP contribution in [0.15, 0.2) is 29.2 Å². The van der Waals surface area contributed by atoms with Crippen molar-refractivity contribution in [2.75, 3.05) is 19.7 Å². The van der Waals surface area contributed by atoms with Crippen LogP contribution < -0.4 is 0 Å². The van der Waals surface area contributed by atoms with E-state index in [2.05, 4.69) is 0 Å². The van der Waals surface area contributed by atoms with E-state index in [-0.39, 0.29) is 28.5 Å². The predicted molar refractivity (Wildman–Crippen MR) is 87.9 cm³/mol. The molecular weight excluding hydrogens is 347 g/mol. The second-order valence-electron chi connectivity index (χ2n) is 7.42. The van der Waals surface area contributed by atoms with Crippen molar-refractivity contribution >= 4 is 16.1 Å². The monoisotopic (exact) mass is 368 g/mol. The molecule has 0 aromatic heterocycles. The number of rotatable bonds is 3. The van der Waals surface area contributed by atoms with Crippen LogP contribution in [0.4, 0.5) is 9.18 Å². The molecule has 0 radical (unpaired) electrons. The molecule has 2 heterocycles. The molecule has 1 aromatic carbocycles. The van der Waals surface area contributed by atoms with Crippen LogP contribution in [0, 0.1) is 11.2 Å². The Morgan fingerprint density at radius 2 is 1.92 bits per heavy atom. The molecular formula is C17H21FN2O4S. The molecule has 25 heavy (non-hydrogen) atoms. The van der Waals surface area contributed by atoms with Crippen molar-refractivity contribution < 1.29 is 22.3 Å². The van der Waals surface area contributed by atoms with Gasteiger partial charge in [-0.1, -0.05) is 12.1 Å². The van der Waals surface area contributed by atoms with Crippen molar-refractivity contribution in [3.63, 3.8) is 0 Å². The summed E-state index contributed by atoms with van der Waals surface area (Å²) in [6.07, 6.45) is 2.10. The van der Waals surface area contributed by atoms with Crippen molar-refractivity contribution in [3.05, 3.63) is 30.1 Å². The highest BCUT2D eigenvalue weighted by Crippen LogP contribution is 2.52. The number of cyclic esters (lactones) is 1. The smallest absolute Gasteiger partial charge is 0.410 e. The molecule has 4 rings (SSSR count). The van der Waals surface area contributed by atoms with Crippen molar-refractivity contribution in [3.8, 4) is 0 Å². The van der Waals surface area contributed by atoms with E-state index in [1.807, 2.05) is 6.92 Å². The lowest BCUT2D eigenvalue weighted by Crippen LogP contribution is -2.69. The van der Waals surface area contributed by atoms with E-state index in [0.29, 0.717) is 19.7 Å². The molecule has 1 atom stereocenters. The zero-order valence-electron chi connectivity index (χ0n) is 14.0. The molecule has 136 valence electrons. The zero-order valence-corrected chi connectivity index (χ0v) is 14.8. The van der Waals surface area contributed by atoms with Gasteiger partial charge in [-0.15, -0.1) is 0 Å². The minimum atomic E-state index is -3.79. The Hall–Kier alpha value is -1.67. The SMILES string of the molecule is CC1CCOC(=O)N1C1CC2(C1)CN(S(=O)(=O)c1ccccc1F)C2. The third kappa shape index (κ3) is 2.62. The van der Waals surface area contributed by atoms with Crippen LogP contribution >= 0.6 is 0 Å². The maximum atomic E-state index is 13.8. The quantitative estimate of drug-likeness (QED) is 0.820. The molecule has 1 amide bonds. The van der Waals surface area contributed by atoms with Gasteiger partial charge in [-0.05, 0) is 31.9 Å². The normalized spacial score (nSPS) is 26.9. The van der Waals surface area contributed by atoms with Crippen LogP contribution in [0.3, 0.4) is 0 Å². The standard InChI is InChI=1S/C17H21FN2O4S/c1-12-6-7-24-16(21)20(12)13-8-17(9-13)10-19(11-17)25(22,23)15-5-3-2-4-14(15)18/h2-5,12-13H,6-11H2,1H3. The van der Waals surface area contributed by atoms with Crippen molar-refractivity contribution in [1.82, 2.24) is 9.21 Å². The van der Waals surface area contributed by atoms with Gasteiger partial charge in [0.1, 0.15) is 10.7 Å². The molecule has 1 aliphatic carbocycles. The summed E-state index contributed by atoms with van der Waals surface area (Å²) in [6, 6.07) is 5.72. The van der Waals surface area contributed by atoms with E-state index in [4.69, 9.17) is 4.74 Å². The number of nitrogens with zero attached hydrogens (tertiary/aromatic N) is 2. The lowest BCUT2D eigenvalue weighted by atomic mass is 9.61. The van der Waals surface area contributed by atoms with Crippen LogP contribution in [0.1, 0.15) is 26.2 Å². The summed E-state index contributed by atoms with van der Waals surface area (Å²) >= 11 is 0. The Bertz CT molecular complexity index is 799. The number of sulfonamides is 1.